The Morgan fingerprint density at radius 2 is 1.81 bits per heavy atom. The van der Waals surface area contributed by atoms with E-state index in [0.29, 0.717) is 5.88 Å². The van der Waals surface area contributed by atoms with Crippen molar-refractivity contribution >= 4 is 28.4 Å². The number of anilines is 2. The van der Waals surface area contributed by atoms with Crippen molar-refractivity contribution in [2.45, 2.75) is 53.1 Å². The number of hydrogen-bond donors (Lipinski definition) is 1. The largest absolute Gasteiger partial charge is 0.474 e. The number of nitrogens with one attached hydrogen (secondary N) is 1. The van der Waals surface area contributed by atoms with Gasteiger partial charge in [-0.05, 0) is 36.2 Å². The third-order valence-electron chi connectivity index (χ3n) is 6.62. The summed E-state index contributed by atoms with van der Waals surface area (Å²) in [4.78, 5) is 32.4. The van der Waals surface area contributed by atoms with Crippen LogP contribution >= 0.6 is 0 Å². The number of nitrogens with zero attached hydrogens (tertiary/aromatic N) is 6. The summed E-state index contributed by atoms with van der Waals surface area (Å²) >= 11 is 0. The molecule has 0 unspecified atom stereocenters. The highest BCUT2D eigenvalue weighted by Gasteiger charge is 2.23. The van der Waals surface area contributed by atoms with Gasteiger partial charge in [-0.25, -0.2) is 19.9 Å². The second-order valence-corrected chi connectivity index (χ2v) is 10.4. The van der Waals surface area contributed by atoms with E-state index in [1.807, 2.05) is 74.3 Å². The Morgan fingerprint density at radius 3 is 2.51 bits per heavy atom. The number of aromatic nitrogens is 5. The first kappa shape index (κ1) is 24.7. The minimum atomic E-state index is -0.455. The van der Waals surface area contributed by atoms with Gasteiger partial charge in [-0.15, -0.1) is 0 Å². The fraction of sp³-hybridized carbons (Fsp3) is 0.393. The lowest BCUT2D eigenvalue weighted by Gasteiger charge is -2.31. The average Bonchev–Trinajstić information content (AvgIpc) is 3.32. The van der Waals surface area contributed by atoms with Gasteiger partial charge in [0.1, 0.15) is 18.2 Å². The monoisotopic (exact) mass is 499 g/mol. The highest BCUT2D eigenvalue weighted by Crippen LogP contribution is 2.26. The molecule has 4 aromatic rings. The van der Waals surface area contributed by atoms with Crippen molar-refractivity contribution in [3.63, 3.8) is 0 Å². The summed E-state index contributed by atoms with van der Waals surface area (Å²) in [5.74, 6) is 2.05. The van der Waals surface area contributed by atoms with Gasteiger partial charge in [0, 0.05) is 67.1 Å². The summed E-state index contributed by atoms with van der Waals surface area (Å²) in [5.41, 5.74) is 2.45. The Morgan fingerprint density at radius 1 is 1.05 bits per heavy atom. The molecular formula is C28H33N7O2. The lowest BCUT2D eigenvalue weighted by Crippen LogP contribution is -2.39. The molecule has 37 heavy (non-hydrogen) atoms. The first-order chi connectivity index (χ1) is 17.8. The van der Waals surface area contributed by atoms with Gasteiger partial charge in [0.25, 0.3) is 0 Å². The summed E-state index contributed by atoms with van der Waals surface area (Å²) < 4.78 is 8.24. The maximum Gasteiger partial charge on any atom is 0.229 e. The SMILES string of the molecule is CCc1cnc(N2CCC(Oc3cc(-n4ccc5cc(NC(=O)C(C)(C)C)ccc54)ncn3)CC2)nc1. The molecule has 0 bridgehead atoms. The molecule has 5 rings (SSSR count). The van der Waals surface area contributed by atoms with E-state index in [1.165, 1.54) is 6.33 Å². The predicted octanol–water partition coefficient (Wildman–Crippen LogP) is 4.81. The van der Waals surface area contributed by atoms with E-state index >= 15 is 0 Å². The van der Waals surface area contributed by atoms with Crippen LogP contribution in [0.4, 0.5) is 11.6 Å². The Hall–Kier alpha value is -4.01. The molecule has 192 valence electrons. The molecule has 1 fully saturated rings. The van der Waals surface area contributed by atoms with Crippen molar-refractivity contribution in [2.75, 3.05) is 23.3 Å². The molecule has 1 amide bonds. The Balaban J connectivity index is 1.25. The number of rotatable bonds is 6. The van der Waals surface area contributed by atoms with Gasteiger partial charge >= 0.3 is 0 Å². The van der Waals surface area contributed by atoms with Crippen LogP contribution in [0.3, 0.4) is 0 Å². The zero-order valence-electron chi connectivity index (χ0n) is 21.8. The van der Waals surface area contributed by atoms with Crippen LogP contribution < -0.4 is 15.0 Å². The van der Waals surface area contributed by atoms with E-state index in [9.17, 15) is 4.79 Å². The lowest BCUT2D eigenvalue weighted by molar-refractivity contribution is -0.123. The van der Waals surface area contributed by atoms with E-state index in [4.69, 9.17) is 4.74 Å². The molecule has 9 nitrogen and oxygen atoms in total. The van der Waals surface area contributed by atoms with E-state index in [1.54, 1.807) is 0 Å². The van der Waals surface area contributed by atoms with Gasteiger partial charge in [0.15, 0.2) is 0 Å². The van der Waals surface area contributed by atoms with Crippen molar-refractivity contribution in [2.24, 2.45) is 5.41 Å². The predicted molar refractivity (Wildman–Crippen MR) is 144 cm³/mol. The van der Waals surface area contributed by atoms with Gasteiger partial charge < -0.3 is 19.5 Å². The molecule has 1 saturated heterocycles. The zero-order valence-corrected chi connectivity index (χ0v) is 21.8. The highest BCUT2D eigenvalue weighted by molar-refractivity contribution is 5.96. The minimum absolute atomic E-state index is 0.0170. The number of benzene rings is 1. The van der Waals surface area contributed by atoms with Crippen LogP contribution in [0.2, 0.25) is 0 Å². The molecule has 9 heteroatoms. The van der Waals surface area contributed by atoms with Crippen LogP contribution in [-0.2, 0) is 11.2 Å². The van der Waals surface area contributed by atoms with Crippen LogP contribution in [-0.4, -0.2) is 49.6 Å². The lowest BCUT2D eigenvalue weighted by atomic mass is 9.95. The number of hydrogen-bond acceptors (Lipinski definition) is 7. The Bertz CT molecular complexity index is 1380. The summed E-state index contributed by atoms with van der Waals surface area (Å²) in [5, 5.41) is 4.00. The second kappa shape index (κ2) is 10.2. The van der Waals surface area contributed by atoms with E-state index in [0.717, 1.165) is 66.3 Å². The molecule has 3 aromatic heterocycles. The van der Waals surface area contributed by atoms with Crippen LogP contribution in [0, 0.1) is 5.41 Å². The summed E-state index contributed by atoms with van der Waals surface area (Å²) in [6.07, 6.45) is 10.1. The first-order valence-electron chi connectivity index (χ1n) is 12.8. The van der Waals surface area contributed by atoms with E-state index in [-0.39, 0.29) is 12.0 Å². The average molecular weight is 500 g/mol. The molecule has 0 radical (unpaired) electrons. The van der Waals surface area contributed by atoms with Crippen LogP contribution in [0.1, 0.15) is 46.1 Å². The summed E-state index contributed by atoms with van der Waals surface area (Å²) in [6, 6.07) is 9.75. The van der Waals surface area contributed by atoms with E-state index < -0.39 is 5.41 Å². The standard InChI is InChI=1S/C28H33N7O2/c1-5-19-16-29-27(30-17-19)34-11-9-22(10-12-34)37-25-15-24(31-18-32-25)35-13-8-20-14-21(6-7-23(20)35)33-26(36)28(2,3)4/h6-8,13-18,22H,5,9-12H2,1-4H3,(H,33,36). The minimum Gasteiger partial charge on any atom is -0.474 e. The van der Waals surface area contributed by atoms with Crippen molar-refractivity contribution in [3.8, 4) is 11.7 Å². The van der Waals surface area contributed by atoms with Gasteiger partial charge in [0.05, 0.1) is 5.52 Å². The number of ether oxygens (including phenoxy) is 1. The maximum atomic E-state index is 12.4. The van der Waals surface area contributed by atoms with Gasteiger partial charge in [-0.1, -0.05) is 27.7 Å². The van der Waals surface area contributed by atoms with Crippen molar-refractivity contribution in [1.29, 1.82) is 0 Å². The van der Waals surface area contributed by atoms with E-state index in [2.05, 4.69) is 37.1 Å². The molecular weight excluding hydrogens is 466 g/mol. The number of carbonyl (C=O) groups excluding carboxylic acids is 1. The normalized spacial score (nSPS) is 14.6. The topological polar surface area (TPSA) is 98.1 Å². The fourth-order valence-electron chi connectivity index (χ4n) is 4.30. The van der Waals surface area contributed by atoms with Gasteiger partial charge in [-0.2, -0.15) is 0 Å². The molecule has 0 saturated carbocycles. The number of amides is 1. The van der Waals surface area contributed by atoms with Crippen molar-refractivity contribution in [3.05, 3.63) is 60.8 Å². The Labute approximate surface area is 216 Å². The number of carbonyl (C=O) groups is 1. The smallest absolute Gasteiger partial charge is 0.229 e. The second-order valence-electron chi connectivity index (χ2n) is 10.4. The molecule has 4 heterocycles. The number of aryl methyl sites for hydroxylation is 1. The van der Waals surface area contributed by atoms with Gasteiger partial charge in [-0.3, -0.25) is 4.79 Å². The number of fused-ring (bicyclic) bond motifs is 1. The maximum absolute atomic E-state index is 12.4. The van der Waals surface area contributed by atoms with Crippen molar-refractivity contribution in [1.82, 2.24) is 24.5 Å². The third kappa shape index (κ3) is 5.55. The molecule has 0 aliphatic carbocycles. The molecule has 0 atom stereocenters. The van der Waals surface area contributed by atoms with Gasteiger partial charge in [0.2, 0.25) is 17.7 Å². The van der Waals surface area contributed by atoms with Crippen LogP contribution in [0.15, 0.2) is 55.2 Å². The zero-order chi connectivity index (χ0) is 26.0. The van der Waals surface area contributed by atoms with Crippen LogP contribution in [0.5, 0.6) is 5.88 Å². The number of piperidine rings is 1. The van der Waals surface area contributed by atoms with Crippen molar-refractivity contribution < 1.29 is 9.53 Å². The highest BCUT2D eigenvalue weighted by atomic mass is 16.5. The Kier molecular flexibility index (Phi) is 6.78. The molecule has 1 aliphatic rings. The molecule has 1 aliphatic heterocycles. The molecule has 1 N–H and O–H groups in total. The first-order valence-corrected chi connectivity index (χ1v) is 12.8. The fourth-order valence-corrected chi connectivity index (χ4v) is 4.30. The molecule has 1 aromatic carbocycles. The van der Waals surface area contributed by atoms with Crippen LogP contribution in [0.25, 0.3) is 16.7 Å². The third-order valence-corrected chi connectivity index (χ3v) is 6.62. The summed E-state index contributed by atoms with van der Waals surface area (Å²) in [6.45, 7) is 9.47. The molecule has 0 spiro atoms. The summed E-state index contributed by atoms with van der Waals surface area (Å²) in [7, 11) is 0. The quantitative estimate of drug-likeness (QED) is 0.407.